The molecule has 8 nitrogen and oxygen atoms in total. The minimum atomic E-state index is -0.743. The van der Waals surface area contributed by atoms with Gasteiger partial charge < -0.3 is 10.2 Å². The minimum Gasteiger partial charge on any atom is -0.372 e. The second kappa shape index (κ2) is 12.5. The highest BCUT2D eigenvalue weighted by Gasteiger charge is 2.56. The molecule has 0 aliphatic carbocycles. The summed E-state index contributed by atoms with van der Waals surface area (Å²) in [5, 5.41) is 4.82. The number of amides is 3. The van der Waals surface area contributed by atoms with E-state index < -0.39 is 17.1 Å². The van der Waals surface area contributed by atoms with Gasteiger partial charge in [0.05, 0.1) is 16.6 Å². The number of hydrogen-bond donors (Lipinski definition) is 1. The Morgan fingerprint density at radius 2 is 1.55 bits per heavy atom. The summed E-state index contributed by atoms with van der Waals surface area (Å²) in [6, 6.07) is 29.0. The summed E-state index contributed by atoms with van der Waals surface area (Å²) in [5.41, 5.74) is 4.12. The average Bonchev–Trinajstić information content (AvgIpc) is 3.52. The van der Waals surface area contributed by atoms with E-state index in [-0.39, 0.29) is 29.1 Å². The molecule has 0 radical (unpaired) electrons. The average molecular weight is 663 g/mol. The third kappa shape index (κ3) is 5.55. The molecule has 1 aromatic heterocycles. The normalized spacial score (nSPS) is 18.7. The highest BCUT2D eigenvalue weighted by Crippen LogP contribution is 2.54. The first-order valence-electron chi connectivity index (χ1n) is 15.8. The van der Waals surface area contributed by atoms with Crippen LogP contribution in [0.25, 0.3) is 10.8 Å². The first kappa shape index (κ1) is 31.0. The second-order valence-electron chi connectivity index (χ2n) is 11.9. The maximum atomic E-state index is 14.2. The summed E-state index contributed by atoms with van der Waals surface area (Å²) in [6.45, 7) is 7.67. The van der Waals surface area contributed by atoms with Crippen LogP contribution in [-0.4, -0.2) is 40.6 Å². The molecule has 2 unspecified atom stereocenters. The number of thioether (sulfide) groups is 1. The summed E-state index contributed by atoms with van der Waals surface area (Å²) >= 11 is 2.28. The number of hydrogen-bond acceptors (Lipinski definition) is 7. The van der Waals surface area contributed by atoms with Gasteiger partial charge in [-0.15, -0.1) is 0 Å². The molecule has 10 heteroatoms. The predicted molar refractivity (Wildman–Crippen MR) is 190 cm³/mol. The van der Waals surface area contributed by atoms with E-state index in [1.807, 2.05) is 85.8 Å². The predicted octanol–water partition coefficient (Wildman–Crippen LogP) is 6.65. The lowest BCUT2D eigenvalue weighted by Crippen LogP contribution is -2.33. The Kier molecular flexibility index (Phi) is 8.23. The molecule has 3 amide bonds. The molecule has 0 bridgehead atoms. The maximum absolute atomic E-state index is 14.2. The third-order valence-electron chi connectivity index (χ3n) is 9.06. The van der Waals surface area contributed by atoms with Crippen LogP contribution in [0, 0.1) is 12.8 Å². The van der Waals surface area contributed by atoms with Gasteiger partial charge in [-0.3, -0.25) is 23.7 Å². The van der Waals surface area contributed by atoms with Crippen molar-refractivity contribution in [1.82, 2.24) is 4.57 Å². The highest BCUT2D eigenvalue weighted by atomic mass is 32.2. The number of nitrogens with zero attached hydrogens (tertiary/aromatic N) is 3. The summed E-state index contributed by atoms with van der Waals surface area (Å²) in [5.74, 6) is -2.15. The number of fused-ring (bicyclic) bond motifs is 3. The number of rotatable bonds is 8. The quantitative estimate of drug-likeness (QED) is 0.187. The molecule has 1 N–H and O–H groups in total. The van der Waals surface area contributed by atoms with E-state index in [2.05, 4.69) is 24.1 Å². The molecule has 238 valence electrons. The van der Waals surface area contributed by atoms with E-state index in [0.717, 1.165) is 52.0 Å². The standard InChI is InChI=1S/C37H34N4O4S2/c1-4-39(5-2)27-18-13-24(14-19-27)30-31-32(35(44)41(34(31)43)28-16-10-22(3)11-17-28)46-36-33(30)47-37(45)40(36)21-29(42)38-26-15-12-23-8-6-7-9-25(23)20-26/h6-20,30-32H,4-5,21H2,1-3H3,(H,38,42)/t30-,31?,32?/m1/s1. The number of aryl methyl sites for hydroxylation is 1. The number of benzene rings is 4. The highest BCUT2D eigenvalue weighted by molar-refractivity contribution is 8.00. The molecule has 1 fully saturated rings. The Hall–Kier alpha value is -4.67. The van der Waals surface area contributed by atoms with Crippen LogP contribution in [-0.2, 0) is 20.9 Å². The first-order valence-corrected chi connectivity index (χ1v) is 17.4. The Morgan fingerprint density at radius 3 is 2.26 bits per heavy atom. The molecule has 2 aliphatic rings. The zero-order valence-electron chi connectivity index (χ0n) is 26.3. The van der Waals surface area contributed by atoms with Crippen molar-refractivity contribution < 1.29 is 14.4 Å². The Morgan fingerprint density at radius 1 is 0.851 bits per heavy atom. The lowest BCUT2D eigenvalue weighted by atomic mass is 9.83. The van der Waals surface area contributed by atoms with Crippen LogP contribution < -0.4 is 20.0 Å². The fourth-order valence-corrected chi connectivity index (χ4v) is 9.43. The van der Waals surface area contributed by atoms with Gasteiger partial charge in [-0.1, -0.05) is 83.3 Å². The van der Waals surface area contributed by atoms with E-state index in [9.17, 15) is 19.2 Å². The SMILES string of the molecule is CCN(CC)c1ccc([C@H]2c3sc(=O)n(CC(=O)Nc4ccc5ccccc5c4)c3SC3C(=O)N(c4ccc(C)cc4)C(=O)C32)cc1. The first-order chi connectivity index (χ1) is 22.8. The maximum Gasteiger partial charge on any atom is 0.308 e. The van der Waals surface area contributed by atoms with Crippen molar-refractivity contribution in [2.75, 3.05) is 28.2 Å². The third-order valence-corrected chi connectivity index (χ3v) is 11.7. The number of carbonyl (C=O) groups is 3. The van der Waals surface area contributed by atoms with Crippen LogP contribution in [0.3, 0.4) is 0 Å². The van der Waals surface area contributed by atoms with Gasteiger partial charge in [-0.2, -0.15) is 0 Å². The zero-order valence-corrected chi connectivity index (χ0v) is 27.9. The van der Waals surface area contributed by atoms with Crippen LogP contribution in [0.1, 0.15) is 35.8 Å². The Bertz CT molecular complexity index is 2070. The molecule has 0 spiro atoms. The van der Waals surface area contributed by atoms with E-state index in [4.69, 9.17) is 0 Å². The van der Waals surface area contributed by atoms with Crippen molar-refractivity contribution in [2.45, 2.75) is 43.5 Å². The van der Waals surface area contributed by atoms with E-state index in [0.29, 0.717) is 21.3 Å². The van der Waals surface area contributed by atoms with Gasteiger partial charge in [0.25, 0.3) is 0 Å². The van der Waals surface area contributed by atoms with Crippen molar-refractivity contribution in [1.29, 1.82) is 0 Å². The van der Waals surface area contributed by atoms with Crippen LogP contribution in [0.15, 0.2) is 101 Å². The molecular weight excluding hydrogens is 629 g/mol. The number of imide groups is 1. The van der Waals surface area contributed by atoms with Crippen molar-refractivity contribution >= 4 is 68.7 Å². The van der Waals surface area contributed by atoms with Crippen LogP contribution in [0.5, 0.6) is 0 Å². The van der Waals surface area contributed by atoms with Crippen molar-refractivity contribution in [3.05, 3.63) is 117 Å². The van der Waals surface area contributed by atoms with Gasteiger partial charge in [0.2, 0.25) is 17.7 Å². The van der Waals surface area contributed by atoms with Gasteiger partial charge in [-0.25, -0.2) is 4.90 Å². The Balaban J connectivity index is 1.26. The summed E-state index contributed by atoms with van der Waals surface area (Å²) < 4.78 is 1.46. The lowest BCUT2D eigenvalue weighted by Gasteiger charge is -2.31. The fourth-order valence-electron chi connectivity index (χ4n) is 6.66. The number of aromatic nitrogens is 1. The van der Waals surface area contributed by atoms with Gasteiger partial charge in [0.15, 0.2) is 0 Å². The number of nitrogens with one attached hydrogen (secondary N) is 1. The van der Waals surface area contributed by atoms with Gasteiger partial charge in [-0.05, 0) is 73.5 Å². The molecule has 3 atom stereocenters. The van der Waals surface area contributed by atoms with E-state index >= 15 is 0 Å². The summed E-state index contributed by atoms with van der Waals surface area (Å²) in [4.78, 5) is 59.1. The Labute approximate surface area is 281 Å². The molecule has 7 rings (SSSR count). The monoisotopic (exact) mass is 662 g/mol. The topological polar surface area (TPSA) is 91.7 Å². The van der Waals surface area contributed by atoms with Crippen LogP contribution in [0.2, 0.25) is 0 Å². The molecule has 0 saturated carbocycles. The van der Waals surface area contributed by atoms with Crippen molar-refractivity contribution in [3.63, 3.8) is 0 Å². The van der Waals surface area contributed by atoms with Crippen LogP contribution >= 0.6 is 23.1 Å². The molecule has 47 heavy (non-hydrogen) atoms. The number of carbonyl (C=O) groups excluding carboxylic acids is 3. The van der Waals surface area contributed by atoms with Crippen molar-refractivity contribution in [3.8, 4) is 0 Å². The molecule has 5 aromatic rings. The molecule has 2 aliphatic heterocycles. The largest absolute Gasteiger partial charge is 0.372 e. The van der Waals surface area contributed by atoms with Crippen LogP contribution in [0.4, 0.5) is 17.1 Å². The van der Waals surface area contributed by atoms with Gasteiger partial charge >= 0.3 is 4.87 Å². The minimum absolute atomic E-state index is 0.209. The lowest BCUT2D eigenvalue weighted by molar-refractivity contribution is -0.122. The summed E-state index contributed by atoms with van der Waals surface area (Å²) in [7, 11) is 0. The number of anilines is 3. The molecule has 3 heterocycles. The van der Waals surface area contributed by atoms with Crippen molar-refractivity contribution in [2.24, 2.45) is 5.92 Å². The second-order valence-corrected chi connectivity index (χ2v) is 14.0. The fraction of sp³-hybridized carbons (Fsp3) is 0.243. The zero-order chi connectivity index (χ0) is 32.8. The molecule has 4 aromatic carbocycles. The van der Waals surface area contributed by atoms with E-state index in [1.54, 1.807) is 12.1 Å². The van der Waals surface area contributed by atoms with Gasteiger partial charge in [0.1, 0.15) is 11.8 Å². The number of thiazole rings is 1. The summed E-state index contributed by atoms with van der Waals surface area (Å²) in [6.07, 6.45) is 0. The van der Waals surface area contributed by atoms with E-state index in [1.165, 1.54) is 21.2 Å². The molecule has 1 saturated heterocycles. The smallest absolute Gasteiger partial charge is 0.308 e. The molecular formula is C37H34N4O4S2. The van der Waals surface area contributed by atoms with Gasteiger partial charge in [0, 0.05) is 35.3 Å².